The Bertz CT molecular complexity index is 842. The summed E-state index contributed by atoms with van der Waals surface area (Å²) in [5.74, 6) is 1.47. The number of imidazole rings is 1. The molecule has 1 aliphatic heterocycles. The van der Waals surface area contributed by atoms with E-state index < -0.39 is 0 Å². The Morgan fingerprint density at radius 1 is 1.32 bits per heavy atom. The SMILES string of the molecule is Cc1cc(CN2Cc3ncn(C)c3C[C@H]2COc2ccccn2)no1. The van der Waals surface area contributed by atoms with Gasteiger partial charge in [0.15, 0.2) is 0 Å². The zero-order valence-electron chi connectivity index (χ0n) is 14.4. The first kappa shape index (κ1) is 15.8. The van der Waals surface area contributed by atoms with Gasteiger partial charge in [0.25, 0.3) is 0 Å². The summed E-state index contributed by atoms with van der Waals surface area (Å²) in [5, 5.41) is 4.13. The van der Waals surface area contributed by atoms with Crippen molar-refractivity contribution < 1.29 is 9.26 Å². The predicted octanol–water partition coefficient (Wildman–Crippen LogP) is 2.12. The van der Waals surface area contributed by atoms with Gasteiger partial charge in [-0.25, -0.2) is 9.97 Å². The van der Waals surface area contributed by atoms with Crippen molar-refractivity contribution >= 4 is 0 Å². The van der Waals surface area contributed by atoms with Crippen LogP contribution in [0.3, 0.4) is 0 Å². The first-order valence-corrected chi connectivity index (χ1v) is 8.38. The van der Waals surface area contributed by atoms with Crippen molar-refractivity contribution in [3.05, 3.63) is 59.6 Å². The molecule has 0 aliphatic carbocycles. The van der Waals surface area contributed by atoms with Crippen molar-refractivity contribution in [3.63, 3.8) is 0 Å². The van der Waals surface area contributed by atoms with Crippen LogP contribution in [0.5, 0.6) is 5.88 Å². The molecule has 1 atom stereocenters. The Kier molecular flexibility index (Phi) is 4.23. The lowest BCUT2D eigenvalue weighted by molar-refractivity contribution is 0.102. The first-order chi connectivity index (χ1) is 12.2. The summed E-state index contributed by atoms with van der Waals surface area (Å²) in [6.45, 7) is 3.96. The Balaban J connectivity index is 1.52. The number of fused-ring (bicyclic) bond motifs is 1. The van der Waals surface area contributed by atoms with Crippen LogP contribution in [-0.2, 0) is 26.6 Å². The van der Waals surface area contributed by atoms with Crippen LogP contribution in [0.15, 0.2) is 41.3 Å². The van der Waals surface area contributed by atoms with E-state index in [1.165, 1.54) is 5.69 Å². The predicted molar refractivity (Wildman–Crippen MR) is 90.9 cm³/mol. The van der Waals surface area contributed by atoms with E-state index in [4.69, 9.17) is 9.26 Å². The quantitative estimate of drug-likeness (QED) is 0.709. The highest BCUT2D eigenvalue weighted by atomic mass is 16.5. The molecule has 0 fully saturated rings. The van der Waals surface area contributed by atoms with Crippen molar-refractivity contribution in [2.24, 2.45) is 7.05 Å². The number of aromatic nitrogens is 4. The molecule has 130 valence electrons. The Morgan fingerprint density at radius 3 is 3.00 bits per heavy atom. The van der Waals surface area contributed by atoms with Gasteiger partial charge >= 0.3 is 0 Å². The molecule has 3 aromatic heterocycles. The first-order valence-electron chi connectivity index (χ1n) is 8.38. The van der Waals surface area contributed by atoms with E-state index in [2.05, 4.69) is 24.6 Å². The lowest BCUT2D eigenvalue weighted by Crippen LogP contribution is -2.44. The maximum atomic E-state index is 5.92. The van der Waals surface area contributed by atoms with Crippen molar-refractivity contribution in [1.29, 1.82) is 0 Å². The summed E-state index contributed by atoms with van der Waals surface area (Å²) in [5.41, 5.74) is 3.32. The van der Waals surface area contributed by atoms with E-state index in [1.54, 1.807) is 6.20 Å². The van der Waals surface area contributed by atoms with Gasteiger partial charge in [0.1, 0.15) is 12.4 Å². The van der Waals surface area contributed by atoms with E-state index >= 15 is 0 Å². The maximum absolute atomic E-state index is 5.92. The monoisotopic (exact) mass is 339 g/mol. The zero-order chi connectivity index (χ0) is 17.2. The van der Waals surface area contributed by atoms with Gasteiger partial charge in [-0.15, -0.1) is 0 Å². The fourth-order valence-electron chi connectivity index (χ4n) is 3.24. The van der Waals surface area contributed by atoms with Crippen molar-refractivity contribution in [2.45, 2.75) is 32.5 Å². The van der Waals surface area contributed by atoms with Gasteiger partial charge in [-0.3, -0.25) is 4.90 Å². The summed E-state index contributed by atoms with van der Waals surface area (Å²) in [6.07, 6.45) is 4.51. The molecule has 0 saturated heterocycles. The molecule has 0 bridgehead atoms. The third-order valence-corrected chi connectivity index (χ3v) is 4.55. The van der Waals surface area contributed by atoms with Crippen molar-refractivity contribution in [2.75, 3.05) is 6.61 Å². The van der Waals surface area contributed by atoms with Crippen LogP contribution in [0, 0.1) is 6.92 Å². The molecule has 4 heterocycles. The molecule has 0 N–H and O–H groups in total. The standard InChI is InChI=1S/C18H21N5O2/c1-13-7-14(21-25-13)9-23-10-16-17(22(2)12-20-16)8-15(23)11-24-18-5-3-4-6-19-18/h3-7,12,15H,8-11H2,1-2H3/t15-/m0/s1. The minimum absolute atomic E-state index is 0.224. The minimum Gasteiger partial charge on any atom is -0.476 e. The summed E-state index contributed by atoms with van der Waals surface area (Å²) in [6, 6.07) is 7.89. The third-order valence-electron chi connectivity index (χ3n) is 4.55. The highest BCUT2D eigenvalue weighted by molar-refractivity contribution is 5.19. The van der Waals surface area contributed by atoms with Gasteiger partial charge in [-0.2, -0.15) is 0 Å². The van der Waals surface area contributed by atoms with Crippen LogP contribution in [-0.4, -0.2) is 37.2 Å². The van der Waals surface area contributed by atoms with Crippen LogP contribution in [0.2, 0.25) is 0 Å². The largest absolute Gasteiger partial charge is 0.476 e. The molecule has 0 aromatic carbocycles. The van der Waals surface area contributed by atoms with Gasteiger partial charge in [-0.05, 0) is 13.0 Å². The molecule has 4 rings (SSSR count). The molecule has 0 saturated carbocycles. The molecule has 0 unspecified atom stereocenters. The number of pyridine rings is 1. The Labute approximate surface area is 146 Å². The van der Waals surface area contributed by atoms with E-state index in [1.807, 2.05) is 44.6 Å². The van der Waals surface area contributed by atoms with E-state index in [0.29, 0.717) is 19.0 Å². The molecular formula is C18H21N5O2. The number of hydrogen-bond acceptors (Lipinski definition) is 6. The lowest BCUT2D eigenvalue weighted by atomic mass is 10.0. The average molecular weight is 339 g/mol. The van der Waals surface area contributed by atoms with E-state index in [-0.39, 0.29) is 6.04 Å². The summed E-state index contributed by atoms with van der Waals surface area (Å²) >= 11 is 0. The van der Waals surface area contributed by atoms with Crippen LogP contribution in [0.1, 0.15) is 22.8 Å². The van der Waals surface area contributed by atoms with Crippen LogP contribution >= 0.6 is 0 Å². The number of ether oxygens (including phenoxy) is 1. The Morgan fingerprint density at radius 2 is 2.24 bits per heavy atom. The lowest BCUT2D eigenvalue weighted by Gasteiger charge is -2.34. The molecule has 0 radical (unpaired) electrons. The summed E-state index contributed by atoms with van der Waals surface area (Å²) in [4.78, 5) is 11.1. The van der Waals surface area contributed by atoms with Gasteiger partial charge in [0.05, 0.1) is 23.8 Å². The number of nitrogens with zero attached hydrogens (tertiary/aromatic N) is 5. The maximum Gasteiger partial charge on any atom is 0.213 e. The molecule has 1 aliphatic rings. The highest BCUT2D eigenvalue weighted by Gasteiger charge is 2.30. The number of aryl methyl sites for hydroxylation is 2. The zero-order valence-corrected chi connectivity index (χ0v) is 14.4. The fourth-order valence-corrected chi connectivity index (χ4v) is 3.24. The topological polar surface area (TPSA) is 69.2 Å². The van der Waals surface area contributed by atoms with Crippen LogP contribution in [0.4, 0.5) is 0 Å². The molecule has 0 amide bonds. The summed E-state index contributed by atoms with van der Waals surface area (Å²) in [7, 11) is 2.04. The molecule has 25 heavy (non-hydrogen) atoms. The Hall–Kier alpha value is -2.67. The molecule has 7 heteroatoms. The molecule has 7 nitrogen and oxygen atoms in total. The fraction of sp³-hybridized carbons (Fsp3) is 0.389. The van der Waals surface area contributed by atoms with Crippen LogP contribution in [0.25, 0.3) is 0 Å². The number of rotatable bonds is 5. The van der Waals surface area contributed by atoms with E-state index in [0.717, 1.165) is 30.1 Å². The average Bonchev–Trinajstić information content (AvgIpc) is 3.19. The third kappa shape index (κ3) is 3.41. The smallest absolute Gasteiger partial charge is 0.213 e. The summed E-state index contributed by atoms with van der Waals surface area (Å²) < 4.78 is 13.2. The second-order valence-corrected chi connectivity index (χ2v) is 6.42. The molecule has 3 aromatic rings. The van der Waals surface area contributed by atoms with Gasteiger partial charge < -0.3 is 13.8 Å². The van der Waals surface area contributed by atoms with Crippen molar-refractivity contribution in [1.82, 2.24) is 24.6 Å². The molecule has 0 spiro atoms. The van der Waals surface area contributed by atoms with Crippen molar-refractivity contribution in [3.8, 4) is 5.88 Å². The normalized spacial score (nSPS) is 17.4. The second kappa shape index (κ2) is 6.68. The molecular weight excluding hydrogens is 318 g/mol. The van der Waals surface area contributed by atoms with Gasteiger partial charge in [0, 0.05) is 50.6 Å². The second-order valence-electron chi connectivity index (χ2n) is 6.42. The highest BCUT2D eigenvalue weighted by Crippen LogP contribution is 2.24. The van der Waals surface area contributed by atoms with Gasteiger partial charge in [-0.1, -0.05) is 11.2 Å². The van der Waals surface area contributed by atoms with Gasteiger partial charge in [0.2, 0.25) is 5.88 Å². The van der Waals surface area contributed by atoms with Crippen LogP contribution < -0.4 is 4.74 Å². The van der Waals surface area contributed by atoms with E-state index in [9.17, 15) is 0 Å². The minimum atomic E-state index is 0.224. The number of hydrogen-bond donors (Lipinski definition) is 0.